The molecular weight excluding hydrogens is 419 g/mol. The standard InChI is InChI=1S/C21H21FN6O2S/c22-14-5-7-15(8-6-14)28-20(24)16(13-23)17(27-28)3-1-10-25-19(29)9-11-26-21(30)18-4-2-12-31-18/h2,4-8,12H,1,3,9-11,24H2,(H,25,29)(H,26,30). The van der Waals surface area contributed by atoms with Gasteiger partial charge in [0.05, 0.1) is 16.3 Å². The molecule has 2 amide bonds. The fourth-order valence-electron chi connectivity index (χ4n) is 2.91. The SMILES string of the molecule is N#Cc1c(CCCNC(=O)CCNC(=O)c2cccs2)nn(-c2ccc(F)cc2)c1N. The highest BCUT2D eigenvalue weighted by atomic mass is 32.1. The molecule has 0 saturated heterocycles. The van der Waals surface area contributed by atoms with Gasteiger partial charge in [0.2, 0.25) is 5.91 Å². The topological polar surface area (TPSA) is 126 Å². The number of rotatable bonds is 9. The molecule has 2 aromatic heterocycles. The number of nitriles is 1. The van der Waals surface area contributed by atoms with E-state index >= 15 is 0 Å². The van der Waals surface area contributed by atoms with Crippen molar-refractivity contribution in [1.29, 1.82) is 5.26 Å². The van der Waals surface area contributed by atoms with Gasteiger partial charge >= 0.3 is 0 Å². The van der Waals surface area contributed by atoms with E-state index in [1.807, 2.05) is 5.38 Å². The van der Waals surface area contributed by atoms with Crippen LogP contribution in [0.4, 0.5) is 10.2 Å². The highest BCUT2D eigenvalue weighted by Gasteiger charge is 2.16. The van der Waals surface area contributed by atoms with Gasteiger partial charge in [-0.3, -0.25) is 9.59 Å². The predicted octanol–water partition coefficient (Wildman–Crippen LogP) is 2.40. The van der Waals surface area contributed by atoms with Crippen LogP contribution in [0.15, 0.2) is 41.8 Å². The van der Waals surface area contributed by atoms with Crippen LogP contribution in [-0.2, 0) is 11.2 Å². The van der Waals surface area contributed by atoms with Crippen molar-refractivity contribution >= 4 is 29.0 Å². The number of hydrogen-bond donors (Lipinski definition) is 3. The number of amides is 2. The molecule has 0 fully saturated rings. The summed E-state index contributed by atoms with van der Waals surface area (Å²) in [6, 6.07) is 11.2. The number of nitrogens with zero attached hydrogens (tertiary/aromatic N) is 3. The zero-order valence-electron chi connectivity index (χ0n) is 16.6. The molecule has 0 aliphatic heterocycles. The Hall–Kier alpha value is -3.71. The van der Waals surface area contributed by atoms with Crippen molar-refractivity contribution in [2.45, 2.75) is 19.3 Å². The Labute approximate surface area is 182 Å². The molecular formula is C21H21FN6O2S. The summed E-state index contributed by atoms with van der Waals surface area (Å²) in [4.78, 5) is 24.4. The summed E-state index contributed by atoms with van der Waals surface area (Å²) < 4.78 is 14.5. The van der Waals surface area contributed by atoms with Gasteiger partial charge in [-0.25, -0.2) is 9.07 Å². The van der Waals surface area contributed by atoms with E-state index in [1.54, 1.807) is 12.1 Å². The first-order valence-corrected chi connectivity index (χ1v) is 10.5. The second-order valence-electron chi connectivity index (χ2n) is 6.64. The van der Waals surface area contributed by atoms with E-state index in [-0.39, 0.29) is 42.0 Å². The van der Waals surface area contributed by atoms with Crippen LogP contribution < -0.4 is 16.4 Å². The second kappa shape index (κ2) is 10.4. The Kier molecular flexibility index (Phi) is 7.35. The molecule has 160 valence electrons. The fraction of sp³-hybridized carbons (Fsp3) is 0.238. The van der Waals surface area contributed by atoms with Crippen molar-refractivity contribution in [3.05, 3.63) is 63.7 Å². The van der Waals surface area contributed by atoms with Crippen molar-refractivity contribution in [1.82, 2.24) is 20.4 Å². The number of hydrogen-bond acceptors (Lipinski definition) is 6. The Bertz CT molecular complexity index is 1090. The normalized spacial score (nSPS) is 10.5. The van der Waals surface area contributed by atoms with Crippen LogP contribution in [0.25, 0.3) is 5.69 Å². The lowest BCUT2D eigenvalue weighted by atomic mass is 10.1. The predicted molar refractivity (Wildman–Crippen MR) is 115 cm³/mol. The first-order valence-electron chi connectivity index (χ1n) is 9.61. The summed E-state index contributed by atoms with van der Waals surface area (Å²) in [5.41, 5.74) is 7.37. The van der Waals surface area contributed by atoms with Gasteiger partial charge in [-0.05, 0) is 48.6 Å². The first-order chi connectivity index (χ1) is 15.0. The molecule has 0 bridgehead atoms. The summed E-state index contributed by atoms with van der Waals surface area (Å²) in [5, 5.41) is 21.1. The minimum Gasteiger partial charge on any atom is -0.382 e. The van der Waals surface area contributed by atoms with Gasteiger partial charge in [-0.15, -0.1) is 11.3 Å². The zero-order valence-corrected chi connectivity index (χ0v) is 17.4. The number of carbonyl (C=O) groups excluding carboxylic acids is 2. The minimum absolute atomic E-state index is 0.173. The van der Waals surface area contributed by atoms with E-state index in [4.69, 9.17) is 5.73 Å². The first kappa shape index (κ1) is 22.0. The van der Waals surface area contributed by atoms with Crippen molar-refractivity contribution < 1.29 is 14.0 Å². The molecule has 8 nitrogen and oxygen atoms in total. The van der Waals surface area contributed by atoms with Gasteiger partial charge in [0, 0.05) is 19.5 Å². The Morgan fingerprint density at radius 1 is 1.19 bits per heavy atom. The summed E-state index contributed by atoms with van der Waals surface area (Å²) in [6.45, 7) is 0.644. The van der Waals surface area contributed by atoms with Gasteiger partial charge in [-0.1, -0.05) is 6.07 Å². The molecule has 0 atom stereocenters. The number of aryl methyl sites for hydroxylation is 1. The van der Waals surface area contributed by atoms with Crippen LogP contribution in [0.2, 0.25) is 0 Å². The van der Waals surface area contributed by atoms with E-state index in [0.29, 0.717) is 35.6 Å². The third-order valence-electron chi connectivity index (χ3n) is 4.47. The molecule has 0 radical (unpaired) electrons. The molecule has 0 unspecified atom stereocenters. The summed E-state index contributed by atoms with van der Waals surface area (Å²) >= 11 is 1.34. The monoisotopic (exact) mass is 440 g/mol. The highest BCUT2D eigenvalue weighted by molar-refractivity contribution is 7.12. The largest absolute Gasteiger partial charge is 0.382 e. The fourth-order valence-corrected chi connectivity index (χ4v) is 3.55. The second-order valence-corrected chi connectivity index (χ2v) is 7.59. The Morgan fingerprint density at radius 3 is 2.65 bits per heavy atom. The van der Waals surface area contributed by atoms with E-state index in [2.05, 4.69) is 21.8 Å². The third-order valence-corrected chi connectivity index (χ3v) is 5.34. The molecule has 4 N–H and O–H groups in total. The lowest BCUT2D eigenvalue weighted by molar-refractivity contribution is -0.120. The van der Waals surface area contributed by atoms with Crippen molar-refractivity contribution in [3.63, 3.8) is 0 Å². The maximum Gasteiger partial charge on any atom is 0.261 e. The highest BCUT2D eigenvalue weighted by Crippen LogP contribution is 2.21. The van der Waals surface area contributed by atoms with Gasteiger partial charge in [0.15, 0.2) is 0 Å². The van der Waals surface area contributed by atoms with Gasteiger partial charge in [0.25, 0.3) is 5.91 Å². The molecule has 0 saturated carbocycles. The lowest BCUT2D eigenvalue weighted by Gasteiger charge is -2.06. The number of nitrogens with one attached hydrogen (secondary N) is 2. The van der Waals surface area contributed by atoms with Crippen molar-refractivity contribution in [2.24, 2.45) is 0 Å². The molecule has 10 heteroatoms. The van der Waals surface area contributed by atoms with E-state index in [0.717, 1.165) is 0 Å². The number of benzene rings is 1. The lowest BCUT2D eigenvalue weighted by Crippen LogP contribution is -2.31. The molecule has 3 rings (SSSR count). The number of nitrogen functional groups attached to an aromatic ring is 1. The Morgan fingerprint density at radius 2 is 1.97 bits per heavy atom. The molecule has 1 aromatic carbocycles. The average Bonchev–Trinajstić information content (AvgIpc) is 3.40. The van der Waals surface area contributed by atoms with E-state index in [9.17, 15) is 19.2 Å². The number of nitrogens with two attached hydrogens (primary N) is 1. The average molecular weight is 441 g/mol. The number of aromatic nitrogens is 2. The van der Waals surface area contributed by atoms with E-state index in [1.165, 1.54) is 40.3 Å². The molecule has 0 aliphatic rings. The zero-order chi connectivity index (χ0) is 22.2. The number of thiophene rings is 1. The van der Waals surface area contributed by atoms with Crippen LogP contribution in [0, 0.1) is 17.1 Å². The maximum absolute atomic E-state index is 13.1. The van der Waals surface area contributed by atoms with Crippen LogP contribution in [0.5, 0.6) is 0 Å². The van der Waals surface area contributed by atoms with Gasteiger partial charge in [0.1, 0.15) is 23.3 Å². The Balaban J connectivity index is 1.45. The minimum atomic E-state index is -0.378. The van der Waals surface area contributed by atoms with Crippen molar-refractivity contribution in [2.75, 3.05) is 18.8 Å². The smallest absolute Gasteiger partial charge is 0.261 e. The molecule has 0 aliphatic carbocycles. The quantitative estimate of drug-likeness (QED) is 0.441. The molecule has 3 aromatic rings. The summed E-state index contributed by atoms with van der Waals surface area (Å²) in [7, 11) is 0. The van der Waals surface area contributed by atoms with Crippen molar-refractivity contribution in [3.8, 4) is 11.8 Å². The third kappa shape index (κ3) is 5.67. The van der Waals surface area contributed by atoms with Crippen LogP contribution >= 0.6 is 11.3 Å². The molecule has 2 heterocycles. The van der Waals surface area contributed by atoms with Crippen LogP contribution in [0.3, 0.4) is 0 Å². The van der Waals surface area contributed by atoms with E-state index < -0.39 is 0 Å². The number of carbonyl (C=O) groups is 2. The molecule has 0 spiro atoms. The summed E-state index contributed by atoms with van der Waals surface area (Å²) in [5.74, 6) is -0.559. The number of halogens is 1. The van der Waals surface area contributed by atoms with Crippen LogP contribution in [0.1, 0.15) is 33.8 Å². The molecule has 31 heavy (non-hydrogen) atoms. The van der Waals surface area contributed by atoms with Gasteiger partial charge in [-0.2, -0.15) is 10.4 Å². The summed E-state index contributed by atoms with van der Waals surface area (Å²) in [6.07, 6.45) is 1.17. The van der Waals surface area contributed by atoms with Gasteiger partial charge < -0.3 is 16.4 Å². The van der Waals surface area contributed by atoms with Crippen LogP contribution in [-0.4, -0.2) is 34.7 Å². The maximum atomic E-state index is 13.1. The number of anilines is 1.